The van der Waals surface area contributed by atoms with Gasteiger partial charge in [0.25, 0.3) is 5.91 Å². The number of anilines is 1. The zero-order valence-electron chi connectivity index (χ0n) is 11.0. The lowest BCUT2D eigenvalue weighted by Crippen LogP contribution is -2.13. The van der Waals surface area contributed by atoms with Gasteiger partial charge in [-0.05, 0) is 46.6 Å². The molecule has 0 atom stereocenters. The predicted octanol–water partition coefficient (Wildman–Crippen LogP) is 3.12. The van der Waals surface area contributed by atoms with E-state index in [-0.39, 0.29) is 17.1 Å². The number of hydrogen-bond acceptors (Lipinski definition) is 4. The Bertz CT molecular complexity index is 659. The number of nitrogens with zero attached hydrogens (tertiary/aromatic N) is 1. The molecule has 104 valence electrons. The number of nitrogens with one attached hydrogen (secondary N) is 1. The van der Waals surface area contributed by atoms with E-state index in [1.54, 1.807) is 24.4 Å². The van der Waals surface area contributed by atoms with Gasteiger partial charge < -0.3 is 15.2 Å². The highest BCUT2D eigenvalue weighted by molar-refractivity contribution is 9.10. The molecule has 0 aliphatic heterocycles. The van der Waals surface area contributed by atoms with Crippen LogP contribution in [-0.4, -0.2) is 23.1 Å². The van der Waals surface area contributed by atoms with Gasteiger partial charge in [0.05, 0.1) is 12.7 Å². The lowest BCUT2D eigenvalue weighted by molar-refractivity contribution is 0.102. The summed E-state index contributed by atoms with van der Waals surface area (Å²) in [5, 5.41) is 12.6. The molecule has 0 aliphatic carbocycles. The average molecular weight is 337 g/mol. The largest absolute Gasteiger partial charge is 0.504 e. The Labute approximate surface area is 124 Å². The number of rotatable bonds is 3. The Balaban J connectivity index is 2.26. The van der Waals surface area contributed by atoms with Crippen molar-refractivity contribution >= 4 is 27.7 Å². The van der Waals surface area contributed by atoms with Crippen LogP contribution >= 0.6 is 15.9 Å². The van der Waals surface area contributed by atoms with E-state index in [9.17, 15) is 9.90 Å². The summed E-state index contributed by atoms with van der Waals surface area (Å²) in [5.41, 5.74) is 1.08. The third kappa shape index (κ3) is 2.91. The van der Waals surface area contributed by atoms with E-state index in [1.807, 2.05) is 6.92 Å². The Morgan fingerprint density at radius 1 is 1.45 bits per heavy atom. The fourth-order valence-electron chi connectivity index (χ4n) is 1.66. The van der Waals surface area contributed by atoms with Crippen LogP contribution < -0.4 is 10.1 Å². The molecule has 5 nitrogen and oxygen atoms in total. The predicted molar refractivity (Wildman–Crippen MR) is 79.3 cm³/mol. The maximum Gasteiger partial charge on any atom is 0.260 e. The second-order valence-corrected chi connectivity index (χ2v) is 4.98. The number of benzene rings is 1. The monoisotopic (exact) mass is 336 g/mol. The first-order valence-corrected chi connectivity index (χ1v) is 6.61. The second kappa shape index (κ2) is 5.92. The minimum atomic E-state index is -0.448. The molecule has 1 aromatic carbocycles. The van der Waals surface area contributed by atoms with Gasteiger partial charge in [-0.1, -0.05) is 6.07 Å². The lowest BCUT2D eigenvalue weighted by Gasteiger charge is -2.09. The van der Waals surface area contributed by atoms with Crippen LogP contribution in [0.4, 0.5) is 5.82 Å². The van der Waals surface area contributed by atoms with Gasteiger partial charge in [0, 0.05) is 10.7 Å². The van der Waals surface area contributed by atoms with E-state index in [2.05, 4.69) is 26.2 Å². The number of pyridine rings is 1. The summed E-state index contributed by atoms with van der Waals surface area (Å²) in [7, 11) is 1.43. The standard InChI is InChI=1S/C14H13BrN2O3/c1-8-6-12(16-7-10(8)15)17-14(19)9-4-3-5-11(20-2)13(9)18/h3-7,18H,1-2H3,(H,16,17,19). The number of aryl methyl sites for hydroxylation is 1. The first-order chi connectivity index (χ1) is 9.52. The molecule has 20 heavy (non-hydrogen) atoms. The van der Waals surface area contributed by atoms with Crippen LogP contribution in [0.25, 0.3) is 0 Å². The molecular formula is C14H13BrN2O3. The van der Waals surface area contributed by atoms with Gasteiger partial charge in [-0.3, -0.25) is 4.79 Å². The summed E-state index contributed by atoms with van der Waals surface area (Å²) in [6.07, 6.45) is 1.61. The van der Waals surface area contributed by atoms with E-state index in [1.165, 1.54) is 13.2 Å². The molecule has 1 aromatic heterocycles. The number of amides is 1. The van der Waals surface area contributed by atoms with Gasteiger partial charge in [0.2, 0.25) is 0 Å². The number of methoxy groups -OCH3 is 1. The Hall–Kier alpha value is -2.08. The minimum absolute atomic E-state index is 0.131. The lowest BCUT2D eigenvalue weighted by atomic mass is 10.1. The molecule has 0 saturated heterocycles. The van der Waals surface area contributed by atoms with Gasteiger partial charge in [0.15, 0.2) is 11.5 Å². The van der Waals surface area contributed by atoms with Gasteiger partial charge in [-0.2, -0.15) is 0 Å². The molecule has 2 aromatic rings. The Morgan fingerprint density at radius 2 is 2.20 bits per heavy atom. The smallest absolute Gasteiger partial charge is 0.260 e. The molecule has 1 amide bonds. The molecule has 0 bridgehead atoms. The maximum atomic E-state index is 12.1. The molecule has 2 N–H and O–H groups in total. The van der Waals surface area contributed by atoms with Crippen molar-refractivity contribution < 1.29 is 14.6 Å². The number of aromatic hydroxyl groups is 1. The number of phenolic OH excluding ortho intramolecular Hbond substituents is 1. The number of hydrogen-bond donors (Lipinski definition) is 2. The summed E-state index contributed by atoms with van der Waals surface area (Å²) >= 11 is 3.34. The number of phenols is 1. The molecule has 6 heteroatoms. The molecule has 0 radical (unpaired) electrons. The van der Waals surface area contributed by atoms with Gasteiger partial charge in [-0.25, -0.2) is 4.98 Å². The zero-order chi connectivity index (χ0) is 14.7. The van der Waals surface area contributed by atoms with Crippen molar-refractivity contribution in [3.05, 3.63) is 46.1 Å². The van der Waals surface area contributed by atoms with Gasteiger partial charge >= 0.3 is 0 Å². The highest BCUT2D eigenvalue weighted by Crippen LogP contribution is 2.29. The van der Waals surface area contributed by atoms with Crippen molar-refractivity contribution in [2.24, 2.45) is 0 Å². The fraction of sp³-hybridized carbons (Fsp3) is 0.143. The first-order valence-electron chi connectivity index (χ1n) is 5.82. The van der Waals surface area contributed by atoms with Gasteiger partial charge in [0.1, 0.15) is 5.82 Å². The summed E-state index contributed by atoms with van der Waals surface area (Å²) in [6, 6.07) is 6.46. The molecule has 0 saturated carbocycles. The summed E-state index contributed by atoms with van der Waals surface area (Å²) in [5.74, 6) is 0.0208. The highest BCUT2D eigenvalue weighted by Gasteiger charge is 2.15. The number of aromatic nitrogens is 1. The van der Waals surface area contributed by atoms with Crippen LogP contribution in [0.2, 0.25) is 0 Å². The highest BCUT2D eigenvalue weighted by atomic mass is 79.9. The molecule has 0 spiro atoms. The number of carbonyl (C=O) groups is 1. The first kappa shape index (κ1) is 14.3. The van der Waals surface area contributed by atoms with E-state index in [0.717, 1.165) is 10.0 Å². The number of ether oxygens (including phenoxy) is 1. The van der Waals surface area contributed by atoms with Crippen molar-refractivity contribution in [1.29, 1.82) is 0 Å². The maximum absolute atomic E-state index is 12.1. The van der Waals surface area contributed by atoms with Crippen molar-refractivity contribution in [3.63, 3.8) is 0 Å². The van der Waals surface area contributed by atoms with Crippen LogP contribution in [0.5, 0.6) is 11.5 Å². The topological polar surface area (TPSA) is 71.5 Å². The molecule has 2 rings (SSSR count). The van der Waals surface area contributed by atoms with Crippen molar-refractivity contribution in [2.45, 2.75) is 6.92 Å². The third-order valence-corrected chi connectivity index (χ3v) is 3.58. The van der Waals surface area contributed by atoms with Crippen LogP contribution in [0.15, 0.2) is 34.9 Å². The number of carbonyl (C=O) groups excluding carboxylic acids is 1. The SMILES string of the molecule is COc1cccc(C(=O)Nc2cc(C)c(Br)cn2)c1O. The van der Waals surface area contributed by atoms with Gasteiger partial charge in [-0.15, -0.1) is 0 Å². The molecule has 0 unspecified atom stereocenters. The molecular weight excluding hydrogens is 324 g/mol. The number of halogens is 1. The normalized spacial score (nSPS) is 10.2. The van der Waals surface area contributed by atoms with E-state index in [0.29, 0.717) is 5.82 Å². The molecule has 0 aliphatic rings. The van der Waals surface area contributed by atoms with Crippen LogP contribution in [-0.2, 0) is 0 Å². The molecule has 1 heterocycles. The van der Waals surface area contributed by atoms with E-state index in [4.69, 9.17) is 4.74 Å². The Kier molecular flexibility index (Phi) is 4.24. The summed E-state index contributed by atoms with van der Waals surface area (Å²) in [6.45, 7) is 1.89. The summed E-state index contributed by atoms with van der Waals surface area (Å²) < 4.78 is 5.83. The van der Waals surface area contributed by atoms with E-state index >= 15 is 0 Å². The minimum Gasteiger partial charge on any atom is -0.504 e. The van der Waals surface area contributed by atoms with Crippen LogP contribution in [0.3, 0.4) is 0 Å². The van der Waals surface area contributed by atoms with Crippen molar-refractivity contribution in [3.8, 4) is 11.5 Å². The van der Waals surface area contributed by atoms with Crippen LogP contribution in [0.1, 0.15) is 15.9 Å². The summed E-state index contributed by atoms with van der Waals surface area (Å²) in [4.78, 5) is 16.2. The van der Waals surface area contributed by atoms with Crippen molar-refractivity contribution in [2.75, 3.05) is 12.4 Å². The van der Waals surface area contributed by atoms with E-state index < -0.39 is 5.91 Å². The Morgan fingerprint density at radius 3 is 2.85 bits per heavy atom. The average Bonchev–Trinajstić information content (AvgIpc) is 2.43. The quantitative estimate of drug-likeness (QED) is 0.903. The third-order valence-electron chi connectivity index (χ3n) is 2.75. The molecule has 0 fully saturated rings. The van der Waals surface area contributed by atoms with Crippen molar-refractivity contribution in [1.82, 2.24) is 4.98 Å². The van der Waals surface area contributed by atoms with Crippen LogP contribution in [0, 0.1) is 6.92 Å². The second-order valence-electron chi connectivity index (χ2n) is 4.13. The zero-order valence-corrected chi connectivity index (χ0v) is 12.6. The fourth-order valence-corrected chi connectivity index (χ4v) is 1.88. The number of para-hydroxylation sites is 1.